The maximum absolute atomic E-state index is 12.7. The van der Waals surface area contributed by atoms with E-state index in [1.165, 1.54) is 18.3 Å². The van der Waals surface area contributed by atoms with E-state index in [4.69, 9.17) is 11.6 Å². The molecule has 2 heterocycles. The number of hydrogen-bond acceptors (Lipinski definition) is 5. The van der Waals surface area contributed by atoms with Crippen LogP contribution in [0.3, 0.4) is 0 Å². The van der Waals surface area contributed by atoms with E-state index in [0.717, 1.165) is 10.5 Å². The van der Waals surface area contributed by atoms with E-state index in [2.05, 4.69) is 9.71 Å². The Kier molecular flexibility index (Phi) is 5.51. The average molecular weight is 456 g/mol. The number of anilines is 1. The first kappa shape index (κ1) is 21.0. The normalized spacial score (nSPS) is 13.4. The van der Waals surface area contributed by atoms with Crippen LogP contribution in [0, 0.1) is 6.92 Å². The van der Waals surface area contributed by atoms with Crippen LogP contribution in [0.4, 0.5) is 5.69 Å². The van der Waals surface area contributed by atoms with Gasteiger partial charge in [-0.15, -0.1) is 0 Å². The molecule has 4 rings (SSSR count). The Morgan fingerprint density at radius 2 is 1.77 bits per heavy atom. The first-order chi connectivity index (χ1) is 14.8. The van der Waals surface area contributed by atoms with E-state index < -0.39 is 15.9 Å². The molecule has 0 bridgehead atoms. The minimum absolute atomic E-state index is 0.107. The number of sulfonamides is 1. The SMILES string of the molecule is Cc1cc(Cl)ccc1NS(=O)(=O)c1ccc(CCN2C(=O)c3cccnc3C2=O)cc1. The zero-order valence-electron chi connectivity index (χ0n) is 16.5. The molecule has 1 N–H and O–H groups in total. The summed E-state index contributed by atoms with van der Waals surface area (Å²) in [4.78, 5) is 30.0. The molecule has 0 fully saturated rings. The Morgan fingerprint density at radius 1 is 1.03 bits per heavy atom. The topological polar surface area (TPSA) is 96.4 Å². The van der Waals surface area contributed by atoms with Gasteiger partial charge in [-0.05, 0) is 66.9 Å². The molecular formula is C22H18ClN3O4S. The molecule has 1 aromatic heterocycles. The lowest BCUT2D eigenvalue weighted by molar-refractivity contribution is 0.0654. The fourth-order valence-corrected chi connectivity index (χ4v) is 4.70. The number of rotatable bonds is 6. The smallest absolute Gasteiger partial charge is 0.279 e. The quantitative estimate of drug-likeness (QED) is 0.572. The standard InChI is InChI=1S/C22H18ClN3O4S/c1-14-13-16(23)6-9-19(14)25-31(29,30)17-7-4-15(5-8-17)10-12-26-21(27)18-3-2-11-24-20(18)22(26)28/h2-9,11,13,25H,10,12H2,1H3. The third-order valence-corrected chi connectivity index (χ3v) is 6.64. The molecule has 2 amide bonds. The largest absolute Gasteiger partial charge is 0.280 e. The van der Waals surface area contributed by atoms with Gasteiger partial charge in [0.1, 0.15) is 5.69 Å². The molecule has 31 heavy (non-hydrogen) atoms. The zero-order chi connectivity index (χ0) is 22.2. The highest BCUT2D eigenvalue weighted by Crippen LogP contribution is 2.24. The van der Waals surface area contributed by atoms with Gasteiger partial charge in [-0.3, -0.25) is 24.2 Å². The fraction of sp³-hybridized carbons (Fsp3) is 0.136. The number of pyridine rings is 1. The van der Waals surface area contributed by atoms with Crippen molar-refractivity contribution in [1.82, 2.24) is 9.88 Å². The number of hydrogen-bond donors (Lipinski definition) is 1. The predicted octanol–water partition coefficient (Wildman–Crippen LogP) is 3.68. The molecule has 0 spiro atoms. The van der Waals surface area contributed by atoms with Crippen molar-refractivity contribution in [3.05, 3.63) is 88.2 Å². The molecule has 0 atom stereocenters. The van der Waals surface area contributed by atoms with Crippen molar-refractivity contribution < 1.29 is 18.0 Å². The van der Waals surface area contributed by atoms with Gasteiger partial charge < -0.3 is 0 Å². The molecule has 0 unspecified atom stereocenters. The Labute approximate surface area is 184 Å². The summed E-state index contributed by atoms with van der Waals surface area (Å²) in [7, 11) is -3.77. The summed E-state index contributed by atoms with van der Waals surface area (Å²) in [6, 6.07) is 14.4. The third-order valence-electron chi connectivity index (χ3n) is 5.02. The number of benzene rings is 2. The van der Waals surface area contributed by atoms with Crippen LogP contribution in [-0.2, 0) is 16.4 Å². The van der Waals surface area contributed by atoms with Gasteiger partial charge in [-0.25, -0.2) is 8.42 Å². The van der Waals surface area contributed by atoms with E-state index in [0.29, 0.717) is 28.3 Å². The van der Waals surface area contributed by atoms with Crippen molar-refractivity contribution in [3.8, 4) is 0 Å². The van der Waals surface area contributed by atoms with Gasteiger partial charge in [0.05, 0.1) is 16.1 Å². The Morgan fingerprint density at radius 3 is 2.45 bits per heavy atom. The fourth-order valence-electron chi connectivity index (χ4n) is 3.34. The first-order valence-corrected chi connectivity index (χ1v) is 11.3. The number of aromatic nitrogens is 1. The van der Waals surface area contributed by atoms with E-state index in [1.807, 2.05) is 0 Å². The van der Waals surface area contributed by atoms with Gasteiger partial charge in [0, 0.05) is 17.8 Å². The number of aryl methyl sites for hydroxylation is 1. The van der Waals surface area contributed by atoms with Gasteiger partial charge in [0.2, 0.25) is 0 Å². The van der Waals surface area contributed by atoms with Gasteiger partial charge in [0.15, 0.2) is 0 Å². The molecule has 158 valence electrons. The summed E-state index contributed by atoms with van der Waals surface area (Å²) in [5.74, 6) is -0.780. The molecule has 2 aromatic carbocycles. The molecular weight excluding hydrogens is 438 g/mol. The summed E-state index contributed by atoms with van der Waals surface area (Å²) in [5.41, 5.74) is 2.43. The van der Waals surface area contributed by atoms with Crippen LogP contribution < -0.4 is 4.72 Å². The summed E-state index contributed by atoms with van der Waals surface area (Å²) in [5, 5.41) is 0.527. The molecule has 1 aliphatic heterocycles. The van der Waals surface area contributed by atoms with Crippen LogP contribution in [0.25, 0.3) is 0 Å². The molecule has 0 saturated carbocycles. The summed E-state index contributed by atoms with van der Waals surface area (Å²) < 4.78 is 27.9. The second kappa shape index (κ2) is 8.13. The number of carbonyl (C=O) groups is 2. The molecule has 0 aliphatic carbocycles. The second-order valence-corrected chi connectivity index (χ2v) is 9.24. The van der Waals surface area contributed by atoms with Crippen molar-refractivity contribution in [2.45, 2.75) is 18.2 Å². The van der Waals surface area contributed by atoms with Gasteiger partial charge in [-0.1, -0.05) is 23.7 Å². The Hall–Kier alpha value is -3.23. The summed E-state index contributed by atoms with van der Waals surface area (Å²) >= 11 is 5.92. The van der Waals surface area contributed by atoms with Crippen molar-refractivity contribution in [2.75, 3.05) is 11.3 Å². The van der Waals surface area contributed by atoms with Crippen LogP contribution in [0.5, 0.6) is 0 Å². The summed E-state index contributed by atoms with van der Waals surface area (Å²) in [6.45, 7) is 1.95. The number of imide groups is 1. The Bertz CT molecular complexity index is 1260. The average Bonchev–Trinajstić information content (AvgIpc) is 2.99. The van der Waals surface area contributed by atoms with E-state index >= 15 is 0 Å². The number of amides is 2. The summed E-state index contributed by atoms with van der Waals surface area (Å²) in [6.07, 6.45) is 1.88. The minimum atomic E-state index is -3.77. The predicted molar refractivity (Wildman–Crippen MR) is 117 cm³/mol. The minimum Gasteiger partial charge on any atom is -0.279 e. The maximum atomic E-state index is 12.7. The van der Waals surface area contributed by atoms with Gasteiger partial charge >= 0.3 is 0 Å². The monoisotopic (exact) mass is 455 g/mol. The lowest BCUT2D eigenvalue weighted by Crippen LogP contribution is -2.31. The number of carbonyl (C=O) groups excluding carboxylic acids is 2. The lowest BCUT2D eigenvalue weighted by Gasteiger charge is -2.14. The zero-order valence-corrected chi connectivity index (χ0v) is 18.1. The van der Waals surface area contributed by atoms with Crippen LogP contribution >= 0.6 is 11.6 Å². The van der Waals surface area contributed by atoms with Crippen LogP contribution in [0.1, 0.15) is 32.0 Å². The highest BCUT2D eigenvalue weighted by atomic mass is 35.5. The lowest BCUT2D eigenvalue weighted by atomic mass is 10.1. The van der Waals surface area contributed by atoms with Crippen molar-refractivity contribution in [1.29, 1.82) is 0 Å². The van der Waals surface area contributed by atoms with E-state index in [1.54, 1.807) is 49.4 Å². The molecule has 9 heteroatoms. The number of nitrogens with one attached hydrogen (secondary N) is 1. The van der Waals surface area contributed by atoms with Crippen molar-refractivity contribution in [2.24, 2.45) is 0 Å². The third kappa shape index (κ3) is 4.17. The number of halogens is 1. The Balaban J connectivity index is 1.44. The first-order valence-electron chi connectivity index (χ1n) is 9.45. The van der Waals surface area contributed by atoms with Gasteiger partial charge in [-0.2, -0.15) is 0 Å². The van der Waals surface area contributed by atoms with Crippen LogP contribution in [-0.4, -0.2) is 36.7 Å². The van der Waals surface area contributed by atoms with E-state index in [9.17, 15) is 18.0 Å². The number of nitrogens with zero attached hydrogens (tertiary/aromatic N) is 2. The molecule has 0 saturated heterocycles. The molecule has 7 nitrogen and oxygen atoms in total. The molecule has 3 aromatic rings. The molecule has 0 radical (unpaired) electrons. The van der Waals surface area contributed by atoms with Crippen LogP contribution in [0.2, 0.25) is 5.02 Å². The van der Waals surface area contributed by atoms with Crippen molar-refractivity contribution in [3.63, 3.8) is 0 Å². The highest BCUT2D eigenvalue weighted by Gasteiger charge is 2.36. The second-order valence-electron chi connectivity index (χ2n) is 7.12. The van der Waals surface area contributed by atoms with Crippen molar-refractivity contribution >= 4 is 39.1 Å². The van der Waals surface area contributed by atoms with Gasteiger partial charge in [0.25, 0.3) is 21.8 Å². The molecule has 1 aliphatic rings. The van der Waals surface area contributed by atoms with E-state index in [-0.39, 0.29) is 23.0 Å². The maximum Gasteiger partial charge on any atom is 0.280 e. The van der Waals surface area contributed by atoms with Crippen LogP contribution in [0.15, 0.2) is 65.7 Å². The number of fused-ring (bicyclic) bond motifs is 1. The highest BCUT2D eigenvalue weighted by molar-refractivity contribution is 7.92.